The van der Waals surface area contributed by atoms with E-state index in [0.717, 1.165) is 12.3 Å². The van der Waals surface area contributed by atoms with Crippen molar-refractivity contribution < 1.29 is 5.11 Å². The molecule has 0 radical (unpaired) electrons. The van der Waals surface area contributed by atoms with Crippen LogP contribution in [0.15, 0.2) is 0 Å². The smallest absolute Gasteiger partial charge is 0.0431 e. The van der Waals surface area contributed by atoms with Crippen LogP contribution in [0.2, 0.25) is 0 Å². The second-order valence-electron chi connectivity index (χ2n) is 6.55. The molecule has 0 aliphatic heterocycles. The van der Waals surface area contributed by atoms with Crippen molar-refractivity contribution in [2.45, 2.75) is 103 Å². The molecule has 0 aromatic rings. The zero-order valence-corrected chi connectivity index (χ0v) is 13.0. The SMILES string of the molecule is OCCCCCCCCCCCCCCC1CCC1. The van der Waals surface area contributed by atoms with Gasteiger partial charge in [0.25, 0.3) is 0 Å². The van der Waals surface area contributed by atoms with E-state index in [1.165, 1.54) is 96.3 Å². The number of aliphatic hydroxyl groups excluding tert-OH is 1. The number of rotatable bonds is 14. The predicted octanol–water partition coefficient (Wildman–Crippen LogP) is 5.85. The van der Waals surface area contributed by atoms with Gasteiger partial charge in [-0.1, -0.05) is 96.3 Å². The van der Waals surface area contributed by atoms with Crippen molar-refractivity contribution in [3.05, 3.63) is 0 Å². The van der Waals surface area contributed by atoms with Gasteiger partial charge in [0.2, 0.25) is 0 Å². The Morgan fingerprint density at radius 3 is 1.37 bits per heavy atom. The van der Waals surface area contributed by atoms with Gasteiger partial charge in [0, 0.05) is 6.61 Å². The molecule has 114 valence electrons. The summed E-state index contributed by atoms with van der Waals surface area (Å²) in [6, 6.07) is 0. The van der Waals surface area contributed by atoms with Gasteiger partial charge in [0.05, 0.1) is 0 Å². The summed E-state index contributed by atoms with van der Waals surface area (Å²) in [4.78, 5) is 0. The molecule has 0 heterocycles. The highest BCUT2D eigenvalue weighted by Gasteiger charge is 2.15. The first-order valence-corrected chi connectivity index (χ1v) is 9.04. The Labute approximate surface area is 121 Å². The summed E-state index contributed by atoms with van der Waals surface area (Å²) >= 11 is 0. The van der Waals surface area contributed by atoms with E-state index in [1.807, 2.05) is 0 Å². The van der Waals surface area contributed by atoms with Gasteiger partial charge in [-0.05, 0) is 12.3 Å². The summed E-state index contributed by atoms with van der Waals surface area (Å²) in [5.74, 6) is 1.12. The van der Waals surface area contributed by atoms with Crippen molar-refractivity contribution in [3.8, 4) is 0 Å². The van der Waals surface area contributed by atoms with Crippen molar-refractivity contribution in [1.82, 2.24) is 0 Å². The van der Waals surface area contributed by atoms with Crippen LogP contribution >= 0.6 is 0 Å². The molecule has 0 aromatic heterocycles. The number of hydrogen-bond acceptors (Lipinski definition) is 1. The Morgan fingerprint density at radius 1 is 0.579 bits per heavy atom. The lowest BCUT2D eigenvalue weighted by Gasteiger charge is -2.24. The van der Waals surface area contributed by atoms with E-state index in [4.69, 9.17) is 5.11 Å². The Hall–Kier alpha value is -0.0400. The fourth-order valence-corrected chi connectivity index (χ4v) is 3.09. The summed E-state index contributed by atoms with van der Waals surface area (Å²) in [5.41, 5.74) is 0. The fourth-order valence-electron chi connectivity index (χ4n) is 3.09. The lowest BCUT2D eigenvalue weighted by Crippen LogP contribution is -2.10. The Kier molecular flexibility index (Phi) is 11.6. The second-order valence-corrected chi connectivity index (χ2v) is 6.55. The van der Waals surface area contributed by atoms with Crippen molar-refractivity contribution in [2.75, 3.05) is 6.61 Å². The highest BCUT2D eigenvalue weighted by Crippen LogP contribution is 2.31. The number of unbranched alkanes of at least 4 members (excludes halogenated alkanes) is 11. The molecule has 1 aliphatic rings. The van der Waals surface area contributed by atoms with E-state index < -0.39 is 0 Å². The zero-order chi connectivity index (χ0) is 13.6. The first-order chi connectivity index (χ1) is 9.43. The summed E-state index contributed by atoms with van der Waals surface area (Å²) in [6.07, 6.45) is 22.7. The standard InChI is InChI=1S/C18H36O/c19-17-12-10-8-6-4-2-1-3-5-7-9-11-14-18-15-13-16-18/h18-19H,1-17H2. The molecular weight excluding hydrogens is 232 g/mol. The molecule has 1 rings (SSSR count). The minimum Gasteiger partial charge on any atom is -0.396 e. The largest absolute Gasteiger partial charge is 0.396 e. The summed E-state index contributed by atoms with van der Waals surface area (Å²) < 4.78 is 0. The topological polar surface area (TPSA) is 20.2 Å². The van der Waals surface area contributed by atoms with Crippen LogP contribution in [0, 0.1) is 5.92 Å². The molecule has 1 fully saturated rings. The van der Waals surface area contributed by atoms with Gasteiger partial charge in [0.15, 0.2) is 0 Å². The van der Waals surface area contributed by atoms with E-state index >= 15 is 0 Å². The molecule has 1 N–H and O–H groups in total. The molecule has 1 nitrogen and oxygen atoms in total. The highest BCUT2D eigenvalue weighted by molar-refractivity contribution is 4.69. The lowest BCUT2D eigenvalue weighted by molar-refractivity contribution is 0.282. The maximum absolute atomic E-state index is 8.68. The molecule has 19 heavy (non-hydrogen) atoms. The monoisotopic (exact) mass is 268 g/mol. The third-order valence-corrected chi connectivity index (χ3v) is 4.75. The van der Waals surface area contributed by atoms with Crippen molar-refractivity contribution >= 4 is 0 Å². The van der Waals surface area contributed by atoms with Crippen LogP contribution in [0.3, 0.4) is 0 Å². The molecule has 0 amide bonds. The van der Waals surface area contributed by atoms with Gasteiger partial charge in [-0.3, -0.25) is 0 Å². The van der Waals surface area contributed by atoms with Gasteiger partial charge < -0.3 is 5.11 Å². The van der Waals surface area contributed by atoms with Crippen LogP contribution in [-0.2, 0) is 0 Å². The molecule has 0 unspecified atom stereocenters. The van der Waals surface area contributed by atoms with E-state index in [9.17, 15) is 0 Å². The third-order valence-electron chi connectivity index (χ3n) is 4.75. The molecular formula is C18H36O. The van der Waals surface area contributed by atoms with E-state index in [2.05, 4.69) is 0 Å². The Bertz CT molecular complexity index is 175. The molecule has 0 saturated heterocycles. The maximum atomic E-state index is 8.68. The Balaban J connectivity index is 1.62. The van der Waals surface area contributed by atoms with Crippen LogP contribution in [0.25, 0.3) is 0 Å². The van der Waals surface area contributed by atoms with Gasteiger partial charge in [-0.25, -0.2) is 0 Å². The van der Waals surface area contributed by atoms with Crippen LogP contribution in [0.4, 0.5) is 0 Å². The van der Waals surface area contributed by atoms with E-state index in [-0.39, 0.29) is 0 Å². The van der Waals surface area contributed by atoms with Gasteiger partial charge in [0.1, 0.15) is 0 Å². The minimum absolute atomic E-state index is 0.376. The molecule has 0 aromatic carbocycles. The quantitative estimate of drug-likeness (QED) is 0.392. The van der Waals surface area contributed by atoms with Crippen LogP contribution in [0.1, 0.15) is 103 Å². The Morgan fingerprint density at radius 2 is 1.00 bits per heavy atom. The average Bonchev–Trinajstić information content (AvgIpc) is 2.37. The first kappa shape index (κ1) is 17.0. The van der Waals surface area contributed by atoms with Crippen LogP contribution in [0.5, 0.6) is 0 Å². The fraction of sp³-hybridized carbons (Fsp3) is 1.00. The van der Waals surface area contributed by atoms with Gasteiger partial charge in [-0.15, -0.1) is 0 Å². The van der Waals surface area contributed by atoms with Crippen molar-refractivity contribution in [1.29, 1.82) is 0 Å². The number of hydrogen-bond donors (Lipinski definition) is 1. The van der Waals surface area contributed by atoms with Crippen LogP contribution in [-0.4, -0.2) is 11.7 Å². The molecule has 0 atom stereocenters. The van der Waals surface area contributed by atoms with Gasteiger partial charge in [-0.2, -0.15) is 0 Å². The lowest BCUT2D eigenvalue weighted by atomic mass is 9.81. The molecule has 1 saturated carbocycles. The van der Waals surface area contributed by atoms with E-state index in [0.29, 0.717) is 6.61 Å². The second kappa shape index (κ2) is 13.0. The normalized spacial score (nSPS) is 15.6. The summed E-state index contributed by atoms with van der Waals surface area (Å²) in [6.45, 7) is 0.376. The van der Waals surface area contributed by atoms with Crippen LogP contribution < -0.4 is 0 Å². The van der Waals surface area contributed by atoms with Gasteiger partial charge >= 0.3 is 0 Å². The predicted molar refractivity (Wildman–Crippen MR) is 84.4 cm³/mol. The molecule has 0 bridgehead atoms. The molecule has 1 aliphatic carbocycles. The summed E-state index contributed by atoms with van der Waals surface area (Å²) in [5, 5.41) is 8.68. The molecule has 1 heteroatoms. The highest BCUT2D eigenvalue weighted by atomic mass is 16.2. The maximum Gasteiger partial charge on any atom is 0.0431 e. The zero-order valence-electron chi connectivity index (χ0n) is 13.0. The molecule has 0 spiro atoms. The first-order valence-electron chi connectivity index (χ1n) is 9.04. The van der Waals surface area contributed by atoms with Crippen molar-refractivity contribution in [3.63, 3.8) is 0 Å². The third kappa shape index (κ3) is 10.4. The van der Waals surface area contributed by atoms with Crippen molar-refractivity contribution in [2.24, 2.45) is 5.92 Å². The van der Waals surface area contributed by atoms with E-state index in [1.54, 1.807) is 0 Å². The summed E-state index contributed by atoms with van der Waals surface area (Å²) in [7, 11) is 0. The average molecular weight is 268 g/mol. The minimum atomic E-state index is 0.376. The number of aliphatic hydroxyl groups is 1.